The summed E-state index contributed by atoms with van der Waals surface area (Å²) >= 11 is 0. The smallest absolute Gasteiger partial charge is 0.266 e. The fourth-order valence-electron chi connectivity index (χ4n) is 3.19. The van der Waals surface area contributed by atoms with Crippen LogP contribution in [0, 0.1) is 32.1 Å². The number of benzene rings is 1. The van der Waals surface area contributed by atoms with Gasteiger partial charge in [0.1, 0.15) is 11.6 Å². The van der Waals surface area contributed by atoms with E-state index in [9.17, 15) is 14.9 Å². The lowest BCUT2D eigenvalue weighted by Crippen LogP contribution is -2.20. The molecule has 0 saturated heterocycles. The van der Waals surface area contributed by atoms with Gasteiger partial charge >= 0.3 is 0 Å². The van der Waals surface area contributed by atoms with Crippen LogP contribution in [0.1, 0.15) is 46.2 Å². The molecule has 6 heteroatoms. The molecule has 0 saturated carbocycles. The quantitative estimate of drug-likeness (QED) is 0.593. The van der Waals surface area contributed by atoms with Crippen LogP contribution in [0.4, 0.5) is 5.69 Å². The van der Waals surface area contributed by atoms with Gasteiger partial charge in [-0.1, -0.05) is 13.0 Å². The summed E-state index contributed by atoms with van der Waals surface area (Å²) in [4.78, 5) is 24.6. The molecule has 0 bridgehead atoms. The van der Waals surface area contributed by atoms with E-state index in [1.54, 1.807) is 38.2 Å². The standard InChI is InChI=1S/C22H26N4O2/c1-6-10-26-14(2)11-17(16(26)4)12-18(13-23)21(27)25-20-9-7-8-19(15(20)3)22(28)24-5/h7-9,11-12H,6,10H2,1-5H3,(H,24,28)(H,25,27)/b18-12+. The molecular formula is C22H26N4O2. The van der Waals surface area contributed by atoms with Gasteiger partial charge in [-0.25, -0.2) is 0 Å². The molecule has 2 amide bonds. The number of nitrogens with zero attached hydrogens (tertiary/aromatic N) is 2. The number of hydrogen-bond acceptors (Lipinski definition) is 3. The van der Waals surface area contributed by atoms with Crippen LogP contribution in [0.2, 0.25) is 0 Å². The minimum atomic E-state index is -0.500. The number of nitrogens with one attached hydrogen (secondary N) is 2. The Balaban J connectivity index is 2.33. The van der Waals surface area contributed by atoms with Crippen LogP contribution in [0.3, 0.4) is 0 Å². The monoisotopic (exact) mass is 378 g/mol. The average molecular weight is 378 g/mol. The number of anilines is 1. The Morgan fingerprint density at radius 1 is 1.25 bits per heavy atom. The van der Waals surface area contributed by atoms with Crippen LogP contribution in [0.5, 0.6) is 0 Å². The predicted octanol–water partition coefficient (Wildman–Crippen LogP) is 3.73. The lowest BCUT2D eigenvalue weighted by Gasteiger charge is -2.11. The number of carbonyl (C=O) groups is 2. The minimum Gasteiger partial charge on any atom is -0.355 e. The topological polar surface area (TPSA) is 86.9 Å². The highest BCUT2D eigenvalue weighted by Crippen LogP contribution is 2.22. The van der Waals surface area contributed by atoms with Crippen molar-refractivity contribution in [1.29, 1.82) is 5.26 Å². The largest absolute Gasteiger partial charge is 0.355 e. The Hall–Kier alpha value is -3.33. The van der Waals surface area contributed by atoms with E-state index >= 15 is 0 Å². The van der Waals surface area contributed by atoms with Crippen LogP contribution in [-0.2, 0) is 11.3 Å². The summed E-state index contributed by atoms with van der Waals surface area (Å²) in [6, 6.07) is 9.06. The third kappa shape index (κ3) is 4.32. The number of nitriles is 1. The first-order valence-corrected chi connectivity index (χ1v) is 9.25. The zero-order valence-corrected chi connectivity index (χ0v) is 17.0. The van der Waals surface area contributed by atoms with Crippen molar-refractivity contribution >= 4 is 23.6 Å². The number of hydrogen-bond donors (Lipinski definition) is 2. The number of aromatic nitrogens is 1. The molecule has 0 spiro atoms. The summed E-state index contributed by atoms with van der Waals surface area (Å²) < 4.78 is 2.18. The van der Waals surface area contributed by atoms with E-state index in [4.69, 9.17) is 0 Å². The second-order valence-corrected chi connectivity index (χ2v) is 6.66. The minimum absolute atomic E-state index is 0.0153. The second-order valence-electron chi connectivity index (χ2n) is 6.66. The summed E-state index contributed by atoms with van der Waals surface area (Å²) in [5.41, 5.74) is 4.62. The summed E-state index contributed by atoms with van der Waals surface area (Å²) in [5.74, 6) is -0.729. The van der Waals surface area contributed by atoms with Crippen molar-refractivity contribution in [3.8, 4) is 6.07 Å². The van der Waals surface area contributed by atoms with Gasteiger partial charge in [0.2, 0.25) is 0 Å². The highest BCUT2D eigenvalue weighted by molar-refractivity contribution is 6.10. The van der Waals surface area contributed by atoms with E-state index in [0.717, 1.165) is 29.9 Å². The molecule has 0 radical (unpaired) electrons. The van der Waals surface area contributed by atoms with E-state index in [1.807, 2.05) is 26.0 Å². The van der Waals surface area contributed by atoms with E-state index in [2.05, 4.69) is 22.1 Å². The van der Waals surface area contributed by atoms with Crippen molar-refractivity contribution in [2.75, 3.05) is 12.4 Å². The van der Waals surface area contributed by atoms with E-state index < -0.39 is 5.91 Å². The first kappa shape index (κ1) is 21.0. The van der Waals surface area contributed by atoms with E-state index in [-0.39, 0.29) is 11.5 Å². The molecular weight excluding hydrogens is 352 g/mol. The maximum absolute atomic E-state index is 12.7. The van der Waals surface area contributed by atoms with Gasteiger partial charge in [0, 0.05) is 36.2 Å². The predicted molar refractivity (Wildman–Crippen MR) is 111 cm³/mol. The van der Waals surface area contributed by atoms with Crippen molar-refractivity contribution in [2.24, 2.45) is 0 Å². The second kappa shape index (κ2) is 9.05. The van der Waals surface area contributed by atoms with E-state index in [0.29, 0.717) is 16.8 Å². The molecule has 0 fully saturated rings. The highest BCUT2D eigenvalue weighted by Gasteiger charge is 2.16. The van der Waals surface area contributed by atoms with Crippen LogP contribution in [-0.4, -0.2) is 23.4 Å². The maximum Gasteiger partial charge on any atom is 0.266 e. The van der Waals surface area contributed by atoms with Crippen molar-refractivity contribution in [1.82, 2.24) is 9.88 Å². The molecule has 2 aromatic rings. The van der Waals surface area contributed by atoms with Gasteiger partial charge < -0.3 is 15.2 Å². The molecule has 0 aliphatic rings. The number of aryl methyl sites for hydroxylation is 1. The van der Waals surface area contributed by atoms with Gasteiger partial charge in [0.15, 0.2) is 0 Å². The molecule has 1 aromatic carbocycles. The van der Waals surface area contributed by atoms with Gasteiger partial charge in [-0.3, -0.25) is 9.59 Å². The molecule has 0 aliphatic heterocycles. The van der Waals surface area contributed by atoms with Crippen molar-refractivity contribution in [3.63, 3.8) is 0 Å². The summed E-state index contributed by atoms with van der Waals surface area (Å²) in [5, 5.41) is 14.8. The third-order valence-electron chi connectivity index (χ3n) is 4.78. The Bertz CT molecular complexity index is 977. The van der Waals surface area contributed by atoms with Gasteiger partial charge in [-0.15, -0.1) is 0 Å². The third-order valence-corrected chi connectivity index (χ3v) is 4.78. The van der Waals surface area contributed by atoms with Crippen LogP contribution >= 0.6 is 0 Å². The Kier molecular flexibility index (Phi) is 6.78. The molecule has 146 valence electrons. The van der Waals surface area contributed by atoms with Gasteiger partial charge in [0.25, 0.3) is 11.8 Å². The number of rotatable bonds is 6. The first-order valence-electron chi connectivity index (χ1n) is 9.25. The molecule has 1 aromatic heterocycles. The molecule has 0 aliphatic carbocycles. The van der Waals surface area contributed by atoms with Crippen molar-refractivity contribution in [2.45, 2.75) is 40.7 Å². The van der Waals surface area contributed by atoms with Crippen molar-refractivity contribution < 1.29 is 9.59 Å². The van der Waals surface area contributed by atoms with Crippen LogP contribution < -0.4 is 10.6 Å². The van der Waals surface area contributed by atoms with Gasteiger partial charge in [-0.2, -0.15) is 5.26 Å². The molecule has 1 heterocycles. The zero-order chi connectivity index (χ0) is 20.8. The lowest BCUT2D eigenvalue weighted by molar-refractivity contribution is -0.112. The maximum atomic E-state index is 12.7. The molecule has 2 N–H and O–H groups in total. The SMILES string of the molecule is CCCn1c(C)cc(/C=C(\C#N)C(=O)Nc2cccc(C(=O)NC)c2C)c1C. The molecule has 28 heavy (non-hydrogen) atoms. The first-order chi connectivity index (χ1) is 13.3. The fraction of sp³-hybridized carbons (Fsp3) is 0.318. The summed E-state index contributed by atoms with van der Waals surface area (Å²) in [7, 11) is 1.55. The van der Waals surface area contributed by atoms with E-state index in [1.165, 1.54) is 0 Å². The van der Waals surface area contributed by atoms with Crippen LogP contribution in [0.25, 0.3) is 6.08 Å². The van der Waals surface area contributed by atoms with Crippen molar-refractivity contribution in [3.05, 3.63) is 57.9 Å². The Morgan fingerprint density at radius 2 is 1.96 bits per heavy atom. The summed E-state index contributed by atoms with van der Waals surface area (Å²) in [6.45, 7) is 8.76. The lowest BCUT2D eigenvalue weighted by atomic mass is 10.1. The van der Waals surface area contributed by atoms with Crippen LogP contribution in [0.15, 0.2) is 29.8 Å². The molecule has 0 atom stereocenters. The Morgan fingerprint density at radius 3 is 2.57 bits per heavy atom. The average Bonchev–Trinajstić information content (AvgIpc) is 2.94. The summed E-state index contributed by atoms with van der Waals surface area (Å²) in [6.07, 6.45) is 2.62. The zero-order valence-electron chi connectivity index (χ0n) is 17.0. The normalized spacial score (nSPS) is 11.1. The fourth-order valence-corrected chi connectivity index (χ4v) is 3.19. The molecule has 6 nitrogen and oxygen atoms in total. The molecule has 2 rings (SSSR count). The van der Waals surface area contributed by atoms with Gasteiger partial charge in [0.05, 0.1) is 0 Å². The Labute approximate surface area is 165 Å². The number of carbonyl (C=O) groups excluding carboxylic acids is 2. The molecule has 0 unspecified atom stereocenters. The highest BCUT2D eigenvalue weighted by atomic mass is 16.2. The number of amides is 2. The van der Waals surface area contributed by atoms with Gasteiger partial charge in [-0.05, 0) is 62.6 Å².